The van der Waals surface area contributed by atoms with Crippen molar-refractivity contribution in [3.8, 4) is 0 Å². The van der Waals surface area contributed by atoms with Crippen molar-refractivity contribution in [2.45, 2.75) is 84.2 Å². The van der Waals surface area contributed by atoms with Crippen molar-refractivity contribution in [3.63, 3.8) is 0 Å². The molecular formula is C19H32BNO6. The van der Waals surface area contributed by atoms with E-state index in [0.29, 0.717) is 12.8 Å². The molecule has 0 spiro atoms. The van der Waals surface area contributed by atoms with Gasteiger partial charge < -0.3 is 18.8 Å². The highest BCUT2D eigenvalue weighted by molar-refractivity contribution is 6.51. The smallest absolute Gasteiger partial charge is 0.467 e. The molecule has 0 aromatic carbocycles. The van der Waals surface area contributed by atoms with Gasteiger partial charge in [0.05, 0.1) is 18.3 Å². The van der Waals surface area contributed by atoms with Crippen LogP contribution in [0, 0.1) is 0 Å². The molecule has 1 unspecified atom stereocenters. The summed E-state index contributed by atoms with van der Waals surface area (Å²) in [6, 6.07) is -0.653. The molecule has 0 saturated carbocycles. The Bertz CT molecular complexity index is 606. The Morgan fingerprint density at radius 3 is 2.22 bits per heavy atom. The summed E-state index contributed by atoms with van der Waals surface area (Å²) >= 11 is 0. The Kier molecular flexibility index (Phi) is 6.02. The van der Waals surface area contributed by atoms with Gasteiger partial charge in [0, 0.05) is 6.54 Å². The lowest BCUT2D eigenvalue weighted by Gasteiger charge is -2.36. The zero-order valence-corrected chi connectivity index (χ0v) is 17.8. The molecule has 27 heavy (non-hydrogen) atoms. The van der Waals surface area contributed by atoms with Crippen LogP contribution in [0.1, 0.15) is 61.3 Å². The summed E-state index contributed by atoms with van der Waals surface area (Å²) < 4.78 is 22.4. The fraction of sp³-hybridized carbons (Fsp3) is 0.789. The van der Waals surface area contributed by atoms with Crippen LogP contribution >= 0.6 is 0 Å². The number of carbonyl (C=O) groups is 2. The van der Waals surface area contributed by atoms with Crippen LogP contribution in [0.3, 0.4) is 0 Å². The van der Waals surface area contributed by atoms with E-state index in [1.165, 1.54) is 12.0 Å². The Hall–Kier alpha value is -1.54. The second-order valence-electron chi connectivity index (χ2n) is 9.14. The molecule has 2 saturated heterocycles. The number of carbonyl (C=O) groups excluding carboxylic acids is 2. The Labute approximate surface area is 162 Å². The van der Waals surface area contributed by atoms with E-state index in [1.54, 1.807) is 20.8 Å². The van der Waals surface area contributed by atoms with Gasteiger partial charge in [0.15, 0.2) is 0 Å². The molecule has 0 radical (unpaired) electrons. The third-order valence-electron chi connectivity index (χ3n) is 5.23. The van der Waals surface area contributed by atoms with Crippen molar-refractivity contribution in [3.05, 3.63) is 11.5 Å². The molecule has 0 aromatic rings. The number of hydrogen-bond donors (Lipinski definition) is 0. The molecule has 0 N–H and O–H groups in total. The van der Waals surface area contributed by atoms with E-state index in [9.17, 15) is 9.59 Å². The number of likely N-dealkylation sites (tertiary alicyclic amines) is 1. The van der Waals surface area contributed by atoms with Crippen LogP contribution in [0.2, 0.25) is 0 Å². The summed E-state index contributed by atoms with van der Waals surface area (Å²) in [6.07, 6.45) is 0.595. The summed E-state index contributed by atoms with van der Waals surface area (Å²) in [5.41, 5.74) is -0.532. The fourth-order valence-corrected chi connectivity index (χ4v) is 3.06. The minimum absolute atomic E-state index is 0.277. The third kappa shape index (κ3) is 5.05. The quantitative estimate of drug-likeness (QED) is 0.541. The van der Waals surface area contributed by atoms with Crippen LogP contribution in [-0.4, -0.2) is 60.6 Å². The number of rotatable bonds is 2. The molecule has 0 aliphatic carbocycles. The number of piperidine rings is 1. The second-order valence-corrected chi connectivity index (χ2v) is 9.14. The number of esters is 1. The largest absolute Gasteiger partial charge is 0.487 e. The number of methoxy groups -OCH3 is 1. The fourth-order valence-electron chi connectivity index (χ4n) is 3.06. The van der Waals surface area contributed by atoms with E-state index in [-0.39, 0.29) is 6.54 Å². The van der Waals surface area contributed by atoms with Crippen LogP contribution in [0.5, 0.6) is 0 Å². The summed E-state index contributed by atoms with van der Waals surface area (Å²) in [5, 5.41) is 0. The number of ether oxygens (including phenoxy) is 2. The lowest BCUT2D eigenvalue weighted by Crippen LogP contribution is -2.50. The van der Waals surface area contributed by atoms with Crippen molar-refractivity contribution < 1.29 is 28.4 Å². The lowest BCUT2D eigenvalue weighted by atomic mass is 9.83. The van der Waals surface area contributed by atoms with E-state index in [0.717, 1.165) is 5.57 Å². The van der Waals surface area contributed by atoms with Crippen molar-refractivity contribution in [1.29, 1.82) is 0 Å². The highest BCUT2D eigenvalue weighted by atomic mass is 16.7. The van der Waals surface area contributed by atoms with Crippen LogP contribution in [0.15, 0.2) is 11.5 Å². The van der Waals surface area contributed by atoms with E-state index < -0.39 is 42.0 Å². The van der Waals surface area contributed by atoms with Gasteiger partial charge >= 0.3 is 19.2 Å². The first kappa shape index (κ1) is 21.8. The first-order chi connectivity index (χ1) is 12.3. The maximum absolute atomic E-state index is 12.6. The normalized spacial score (nSPS) is 26.2. The van der Waals surface area contributed by atoms with Crippen molar-refractivity contribution >= 4 is 19.2 Å². The van der Waals surface area contributed by atoms with Gasteiger partial charge in [-0.05, 0) is 61.3 Å². The van der Waals surface area contributed by atoms with Gasteiger partial charge in [0.1, 0.15) is 11.6 Å². The van der Waals surface area contributed by atoms with Crippen LogP contribution < -0.4 is 0 Å². The van der Waals surface area contributed by atoms with E-state index in [1.807, 2.05) is 33.7 Å². The molecule has 7 nitrogen and oxygen atoms in total. The Morgan fingerprint density at radius 2 is 1.74 bits per heavy atom. The second kappa shape index (κ2) is 7.47. The molecule has 1 atom stereocenters. The van der Waals surface area contributed by atoms with Gasteiger partial charge in [-0.3, -0.25) is 4.90 Å². The predicted molar refractivity (Wildman–Crippen MR) is 102 cm³/mol. The monoisotopic (exact) mass is 381 g/mol. The summed E-state index contributed by atoms with van der Waals surface area (Å²) in [5.74, 6) is 1.47. The highest BCUT2D eigenvalue weighted by Gasteiger charge is 2.50. The zero-order chi connectivity index (χ0) is 20.6. The van der Waals surface area contributed by atoms with E-state index in [2.05, 4.69) is 0 Å². The number of nitrogens with zero attached hydrogens (tertiary/aromatic N) is 1. The minimum atomic E-state index is -0.653. The Balaban J connectivity index is 2.18. The minimum Gasteiger partial charge on any atom is -0.467 e. The Morgan fingerprint density at radius 1 is 1.19 bits per heavy atom. The molecule has 152 valence electrons. The summed E-state index contributed by atoms with van der Waals surface area (Å²) in [7, 11) is 0.839. The van der Waals surface area contributed by atoms with Crippen molar-refractivity contribution in [2.75, 3.05) is 13.7 Å². The average molecular weight is 381 g/mol. The number of amides is 1. The summed E-state index contributed by atoms with van der Waals surface area (Å²) in [4.78, 5) is 26.2. The molecule has 0 bridgehead atoms. The first-order valence-electron chi connectivity index (χ1n) is 9.38. The highest BCUT2D eigenvalue weighted by Crippen LogP contribution is 2.37. The van der Waals surface area contributed by atoms with Gasteiger partial charge in [-0.15, -0.1) is 0 Å². The van der Waals surface area contributed by atoms with Gasteiger partial charge in [0.25, 0.3) is 0 Å². The molecule has 2 aliphatic heterocycles. The SMILES string of the molecule is COC(=O)C1CC/C(=C/B2OC(C)(C)C(C)(C)O2)CN1C(=O)OC(C)(C)C. The predicted octanol–water partition coefficient (Wildman–Crippen LogP) is 3.12. The van der Waals surface area contributed by atoms with Crippen LogP contribution in [-0.2, 0) is 23.6 Å². The topological polar surface area (TPSA) is 74.3 Å². The maximum atomic E-state index is 12.6. The van der Waals surface area contributed by atoms with Gasteiger partial charge in [-0.25, -0.2) is 9.59 Å². The molecule has 0 aromatic heterocycles. The molecule has 2 aliphatic rings. The first-order valence-corrected chi connectivity index (χ1v) is 9.38. The van der Waals surface area contributed by atoms with Crippen LogP contribution in [0.25, 0.3) is 0 Å². The molecule has 2 heterocycles. The van der Waals surface area contributed by atoms with Crippen molar-refractivity contribution in [1.82, 2.24) is 4.90 Å². The van der Waals surface area contributed by atoms with Crippen LogP contribution in [0.4, 0.5) is 4.79 Å². The van der Waals surface area contributed by atoms with Crippen molar-refractivity contribution in [2.24, 2.45) is 0 Å². The third-order valence-corrected chi connectivity index (χ3v) is 5.23. The zero-order valence-electron chi connectivity index (χ0n) is 17.8. The number of hydrogen-bond acceptors (Lipinski definition) is 6. The van der Waals surface area contributed by atoms with E-state index in [4.69, 9.17) is 18.8 Å². The van der Waals surface area contributed by atoms with Gasteiger partial charge in [-0.1, -0.05) is 11.5 Å². The summed E-state index contributed by atoms with van der Waals surface area (Å²) in [6.45, 7) is 13.6. The van der Waals surface area contributed by atoms with Gasteiger partial charge in [-0.2, -0.15) is 0 Å². The molecule has 1 amide bonds. The average Bonchev–Trinajstić information content (AvgIpc) is 2.71. The molecule has 8 heteroatoms. The molecule has 2 rings (SSSR count). The standard InChI is InChI=1S/C19H32BNO6/c1-17(2,3)25-16(23)21-12-13(9-10-14(21)15(22)24-8)11-20-26-18(4,5)19(6,7)27-20/h11,14H,9-10,12H2,1-8H3/b13-11-. The maximum Gasteiger partial charge on any atom is 0.487 e. The lowest BCUT2D eigenvalue weighted by molar-refractivity contribution is -0.147. The molecular weight excluding hydrogens is 349 g/mol. The van der Waals surface area contributed by atoms with Gasteiger partial charge in [0.2, 0.25) is 0 Å². The molecule has 2 fully saturated rings. The van der Waals surface area contributed by atoms with E-state index >= 15 is 0 Å².